The number of hydrogen-bond donors (Lipinski definition) is 3. The fourth-order valence-electron chi connectivity index (χ4n) is 4.76. The number of fused-ring (bicyclic) bond motifs is 2. The summed E-state index contributed by atoms with van der Waals surface area (Å²) in [5.74, 6) is 0.557. The smallest absolute Gasteiger partial charge is 0.155 e. The van der Waals surface area contributed by atoms with Crippen LogP contribution in [0, 0.1) is 5.82 Å². The van der Waals surface area contributed by atoms with Gasteiger partial charge < -0.3 is 15.6 Å². The fourth-order valence-corrected chi connectivity index (χ4v) is 4.76. The van der Waals surface area contributed by atoms with Crippen molar-refractivity contribution in [1.29, 1.82) is 0 Å². The highest BCUT2D eigenvalue weighted by Gasteiger charge is 2.24. The fraction of sp³-hybridized carbons (Fsp3) is 0.111. The van der Waals surface area contributed by atoms with Gasteiger partial charge in [0.15, 0.2) is 5.65 Å². The van der Waals surface area contributed by atoms with E-state index in [9.17, 15) is 4.39 Å². The molecule has 0 aliphatic carbocycles. The van der Waals surface area contributed by atoms with E-state index in [-0.39, 0.29) is 11.9 Å². The Labute approximate surface area is 205 Å². The molecule has 36 heavy (non-hydrogen) atoms. The third-order valence-electron chi connectivity index (χ3n) is 6.64. The van der Waals surface area contributed by atoms with Crippen LogP contribution in [0.5, 0.6) is 0 Å². The molecule has 0 atom stereocenters. The zero-order valence-corrected chi connectivity index (χ0v) is 19.1. The molecule has 1 aliphatic heterocycles. The van der Waals surface area contributed by atoms with Crippen molar-refractivity contribution in [3.63, 3.8) is 0 Å². The topological polar surface area (TPSA) is 112 Å². The van der Waals surface area contributed by atoms with Gasteiger partial charge in [-0.15, -0.1) is 0 Å². The lowest BCUT2D eigenvalue weighted by Gasteiger charge is -2.37. The van der Waals surface area contributed by atoms with Gasteiger partial charge in [-0.2, -0.15) is 5.10 Å². The number of benzene rings is 2. The zero-order chi connectivity index (χ0) is 24.2. The van der Waals surface area contributed by atoms with Gasteiger partial charge in [-0.1, -0.05) is 24.3 Å². The SMILES string of the molecule is NC1CN(c2cncc(-c3cnc4[nH]nc(-c5cc6c(-c7ccc(F)cc7)cccc6[nH]5)c4c3)n2)C1. The molecule has 9 heteroatoms. The Morgan fingerprint density at radius 1 is 0.944 bits per heavy atom. The van der Waals surface area contributed by atoms with E-state index >= 15 is 0 Å². The van der Waals surface area contributed by atoms with Crippen molar-refractivity contribution >= 4 is 27.8 Å². The van der Waals surface area contributed by atoms with Gasteiger partial charge in [0.2, 0.25) is 0 Å². The Morgan fingerprint density at radius 3 is 2.64 bits per heavy atom. The summed E-state index contributed by atoms with van der Waals surface area (Å²) in [4.78, 5) is 19.3. The largest absolute Gasteiger partial charge is 0.353 e. The van der Waals surface area contributed by atoms with Crippen LogP contribution in [0.4, 0.5) is 10.2 Å². The normalized spacial score (nSPS) is 14.0. The van der Waals surface area contributed by atoms with E-state index in [4.69, 9.17) is 10.7 Å². The predicted molar refractivity (Wildman–Crippen MR) is 138 cm³/mol. The van der Waals surface area contributed by atoms with Gasteiger partial charge in [0.1, 0.15) is 17.3 Å². The molecule has 0 radical (unpaired) electrons. The summed E-state index contributed by atoms with van der Waals surface area (Å²) in [6, 6.07) is 16.9. The van der Waals surface area contributed by atoms with Crippen molar-refractivity contribution in [3.8, 4) is 33.8 Å². The summed E-state index contributed by atoms with van der Waals surface area (Å²) in [5.41, 5.74) is 12.8. The highest BCUT2D eigenvalue weighted by Crippen LogP contribution is 2.34. The molecule has 0 bridgehead atoms. The minimum atomic E-state index is -0.254. The first-order valence-corrected chi connectivity index (χ1v) is 11.7. The number of pyridine rings is 1. The Morgan fingerprint density at radius 2 is 1.81 bits per heavy atom. The second-order valence-corrected chi connectivity index (χ2v) is 9.08. The number of anilines is 1. The molecule has 7 rings (SSSR count). The molecule has 4 N–H and O–H groups in total. The molecule has 0 unspecified atom stereocenters. The Hall–Kier alpha value is -4.63. The quantitative estimate of drug-likeness (QED) is 0.345. The van der Waals surface area contributed by atoms with Crippen molar-refractivity contribution in [2.75, 3.05) is 18.0 Å². The number of nitrogens with two attached hydrogens (primary N) is 1. The van der Waals surface area contributed by atoms with Gasteiger partial charge in [0.25, 0.3) is 0 Å². The van der Waals surface area contributed by atoms with E-state index in [2.05, 4.69) is 36.1 Å². The van der Waals surface area contributed by atoms with Crippen LogP contribution in [0.25, 0.3) is 55.7 Å². The lowest BCUT2D eigenvalue weighted by molar-refractivity contribution is 0.514. The van der Waals surface area contributed by atoms with Gasteiger partial charge >= 0.3 is 0 Å². The van der Waals surface area contributed by atoms with E-state index in [1.165, 1.54) is 12.1 Å². The van der Waals surface area contributed by atoms with Crippen LogP contribution in [-0.2, 0) is 0 Å². The summed E-state index contributed by atoms with van der Waals surface area (Å²) in [6.45, 7) is 1.56. The number of nitrogens with one attached hydrogen (secondary N) is 2. The molecular formula is C27H21FN8. The molecule has 0 amide bonds. The Bertz CT molecular complexity index is 1730. The molecule has 8 nitrogen and oxygen atoms in total. The van der Waals surface area contributed by atoms with Crippen LogP contribution < -0.4 is 10.6 Å². The molecule has 176 valence electrons. The van der Waals surface area contributed by atoms with Crippen molar-refractivity contribution in [1.82, 2.24) is 30.1 Å². The minimum Gasteiger partial charge on any atom is -0.353 e. The summed E-state index contributed by atoms with van der Waals surface area (Å²) >= 11 is 0. The maximum atomic E-state index is 13.5. The first kappa shape index (κ1) is 20.7. The number of H-pyrrole nitrogens is 2. The second kappa shape index (κ2) is 7.96. The van der Waals surface area contributed by atoms with Crippen LogP contribution in [-0.4, -0.2) is 49.3 Å². The first-order chi connectivity index (χ1) is 17.6. The summed E-state index contributed by atoms with van der Waals surface area (Å²) in [7, 11) is 0. The molecule has 1 aliphatic rings. The van der Waals surface area contributed by atoms with Crippen molar-refractivity contribution in [2.45, 2.75) is 6.04 Å². The highest BCUT2D eigenvalue weighted by atomic mass is 19.1. The van der Waals surface area contributed by atoms with E-state index in [0.29, 0.717) is 5.65 Å². The lowest BCUT2D eigenvalue weighted by atomic mass is 10.0. The van der Waals surface area contributed by atoms with E-state index in [0.717, 1.165) is 69.0 Å². The summed E-state index contributed by atoms with van der Waals surface area (Å²) < 4.78 is 13.5. The second-order valence-electron chi connectivity index (χ2n) is 9.08. The van der Waals surface area contributed by atoms with Crippen LogP contribution in [0.3, 0.4) is 0 Å². The molecule has 0 saturated carbocycles. The van der Waals surface area contributed by atoms with Crippen LogP contribution in [0.15, 0.2) is 73.2 Å². The van der Waals surface area contributed by atoms with E-state index < -0.39 is 0 Å². The van der Waals surface area contributed by atoms with Crippen molar-refractivity contribution in [2.24, 2.45) is 5.73 Å². The number of aromatic amines is 2. The van der Waals surface area contributed by atoms with E-state index in [1.807, 2.05) is 24.3 Å². The maximum Gasteiger partial charge on any atom is 0.155 e. The average molecular weight is 477 g/mol. The Balaban J connectivity index is 1.30. The van der Waals surface area contributed by atoms with Crippen LogP contribution >= 0.6 is 0 Å². The first-order valence-electron chi connectivity index (χ1n) is 11.7. The van der Waals surface area contributed by atoms with Crippen molar-refractivity contribution < 1.29 is 4.39 Å². The predicted octanol–water partition coefficient (Wildman–Crippen LogP) is 4.52. The van der Waals surface area contributed by atoms with Gasteiger partial charge in [0, 0.05) is 47.2 Å². The number of nitrogens with zero attached hydrogens (tertiary/aromatic N) is 5. The summed E-state index contributed by atoms with van der Waals surface area (Å²) in [5, 5.41) is 9.50. The monoisotopic (exact) mass is 476 g/mol. The molecule has 0 spiro atoms. The number of rotatable bonds is 4. The van der Waals surface area contributed by atoms with Crippen molar-refractivity contribution in [3.05, 3.63) is 79.0 Å². The summed E-state index contributed by atoms with van der Waals surface area (Å²) in [6.07, 6.45) is 5.27. The van der Waals surface area contributed by atoms with Gasteiger partial charge in [-0.3, -0.25) is 10.1 Å². The maximum absolute atomic E-state index is 13.5. The standard InChI is InChI=1S/C27H21FN8/c28-17-6-4-15(5-7-17)19-2-1-3-22-20(19)9-23(32-22)26-21-8-16(10-31-27(21)35-34-26)24-11-30-12-25(33-24)36-13-18(29)14-36/h1-12,18,32H,13-14,29H2,(H,31,34,35). The van der Waals surface area contributed by atoms with Gasteiger partial charge in [-0.25, -0.2) is 14.4 Å². The third kappa shape index (κ3) is 3.40. The minimum absolute atomic E-state index is 0.182. The van der Waals surface area contributed by atoms with Gasteiger partial charge in [0.05, 0.1) is 23.8 Å². The lowest BCUT2D eigenvalue weighted by Crippen LogP contribution is -2.56. The molecule has 6 aromatic rings. The third-order valence-corrected chi connectivity index (χ3v) is 6.64. The molecule has 1 fully saturated rings. The van der Waals surface area contributed by atoms with E-state index in [1.54, 1.807) is 30.7 Å². The molecule has 2 aromatic carbocycles. The number of aromatic nitrogens is 6. The highest BCUT2D eigenvalue weighted by molar-refractivity contribution is 6.01. The molecule has 5 heterocycles. The van der Waals surface area contributed by atoms with Crippen LogP contribution in [0.2, 0.25) is 0 Å². The van der Waals surface area contributed by atoms with Crippen LogP contribution in [0.1, 0.15) is 0 Å². The average Bonchev–Trinajstić information content (AvgIpc) is 3.51. The number of halogens is 1. The van der Waals surface area contributed by atoms with Gasteiger partial charge in [-0.05, 0) is 41.5 Å². The molecule has 1 saturated heterocycles. The molecular weight excluding hydrogens is 455 g/mol. The molecule has 4 aromatic heterocycles. The zero-order valence-electron chi connectivity index (χ0n) is 19.1. The number of hydrogen-bond acceptors (Lipinski definition) is 6. The Kier molecular flexibility index (Phi) is 4.58.